The molecule has 2 heterocycles. The number of benzene rings is 1. The van der Waals surface area contributed by atoms with Crippen molar-refractivity contribution in [2.45, 2.75) is 20.4 Å². The molecule has 150 valence electrons. The van der Waals surface area contributed by atoms with Gasteiger partial charge in [0.05, 0.1) is 19.6 Å². The lowest BCUT2D eigenvalue weighted by molar-refractivity contribution is -0.123. The Kier molecular flexibility index (Phi) is 7.19. The summed E-state index contributed by atoms with van der Waals surface area (Å²) in [5.41, 5.74) is 3.16. The quantitative estimate of drug-likeness (QED) is 0.748. The van der Waals surface area contributed by atoms with Crippen LogP contribution in [0.15, 0.2) is 35.7 Å². The van der Waals surface area contributed by atoms with Crippen LogP contribution in [0.25, 0.3) is 0 Å². The Morgan fingerprint density at radius 2 is 1.64 bits per heavy atom. The van der Waals surface area contributed by atoms with Gasteiger partial charge in [-0.2, -0.15) is 0 Å². The fourth-order valence-corrected chi connectivity index (χ4v) is 3.89. The second-order valence-corrected chi connectivity index (χ2v) is 8.24. The highest BCUT2D eigenvalue weighted by atomic mass is 32.1. The summed E-state index contributed by atoms with van der Waals surface area (Å²) in [6.07, 6.45) is 0. The van der Waals surface area contributed by atoms with E-state index in [0.29, 0.717) is 19.6 Å². The zero-order valence-electron chi connectivity index (χ0n) is 16.5. The van der Waals surface area contributed by atoms with E-state index in [1.165, 1.54) is 5.56 Å². The van der Waals surface area contributed by atoms with Crippen LogP contribution in [0, 0.1) is 13.8 Å². The summed E-state index contributed by atoms with van der Waals surface area (Å²) in [4.78, 5) is 29.9. The number of nitrogens with zero attached hydrogens (tertiary/aromatic N) is 2. The zero-order valence-corrected chi connectivity index (χ0v) is 17.3. The van der Waals surface area contributed by atoms with Crippen molar-refractivity contribution in [1.82, 2.24) is 15.1 Å². The van der Waals surface area contributed by atoms with Crippen molar-refractivity contribution in [3.63, 3.8) is 0 Å². The molecule has 28 heavy (non-hydrogen) atoms. The van der Waals surface area contributed by atoms with Gasteiger partial charge < -0.3 is 10.6 Å². The van der Waals surface area contributed by atoms with Gasteiger partial charge >= 0.3 is 0 Å². The van der Waals surface area contributed by atoms with Gasteiger partial charge in [0, 0.05) is 36.7 Å². The molecule has 1 aromatic heterocycles. The number of hydrogen-bond donors (Lipinski definition) is 2. The van der Waals surface area contributed by atoms with E-state index in [2.05, 4.69) is 20.4 Å². The molecule has 1 aromatic carbocycles. The number of piperazine rings is 1. The van der Waals surface area contributed by atoms with E-state index < -0.39 is 0 Å². The molecule has 0 unspecified atom stereocenters. The molecule has 2 aromatic rings. The molecule has 3 rings (SSSR count). The monoisotopic (exact) mass is 400 g/mol. The summed E-state index contributed by atoms with van der Waals surface area (Å²) in [6.45, 7) is 8.62. The van der Waals surface area contributed by atoms with Crippen LogP contribution >= 0.6 is 11.3 Å². The number of thiophene rings is 1. The number of nitrogens with one attached hydrogen (secondary N) is 2. The normalized spacial score (nSPS) is 15.4. The third-order valence-corrected chi connectivity index (χ3v) is 5.99. The molecule has 1 aliphatic rings. The molecule has 0 aliphatic carbocycles. The number of rotatable bonds is 7. The average Bonchev–Trinajstić information content (AvgIpc) is 3.19. The van der Waals surface area contributed by atoms with Gasteiger partial charge in [-0.15, -0.1) is 11.3 Å². The number of hydrogen-bond acceptors (Lipinski definition) is 5. The predicted molar refractivity (Wildman–Crippen MR) is 114 cm³/mol. The fourth-order valence-electron chi connectivity index (χ4n) is 3.24. The van der Waals surface area contributed by atoms with Gasteiger partial charge in [-0.25, -0.2) is 0 Å². The van der Waals surface area contributed by atoms with E-state index in [4.69, 9.17) is 0 Å². The van der Waals surface area contributed by atoms with Crippen molar-refractivity contribution >= 4 is 28.8 Å². The minimum Gasteiger partial charge on any atom is -0.350 e. The van der Waals surface area contributed by atoms with Crippen LogP contribution in [0.4, 0.5) is 5.69 Å². The van der Waals surface area contributed by atoms with Crippen molar-refractivity contribution in [2.24, 2.45) is 0 Å². The van der Waals surface area contributed by atoms with Gasteiger partial charge in [0.15, 0.2) is 0 Å². The Morgan fingerprint density at radius 3 is 2.29 bits per heavy atom. The highest BCUT2D eigenvalue weighted by Gasteiger charge is 2.20. The lowest BCUT2D eigenvalue weighted by Crippen LogP contribution is -2.50. The molecule has 6 nitrogen and oxygen atoms in total. The molecule has 0 saturated carbocycles. The minimum absolute atomic E-state index is 0.0100. The van der Waals surface area contributed by atoms with Crippen LogP contribution in [-0.4, -0.2) is 60.9 Å². The molecule has 0 bridgehead atoms. The van der Waals surface area contributed by atoms with Crippen LogP contribution < -0.4 is 10.6 Å². The Hall–Kier alpha value is -2.22. The number of amides is 2. The molecule has 1 saturated heterocycles. The van der Waals surface area contributed by atoms with Gasteiger partial charge in [0.25, 0.3) is 0 Å². The third kappa shape index (κ3) is 5.89. The number of carbonyl (C=O) groups excluding carboxylic acids is 2. The smallest absolute Gasteiger partial charge is 0.238 e. The van der Waals surface area contributed by atoms with Crippen molar-refractivity contribution in [3.8, 4) is 0 Å². The summed E-state index contributed by atoms with van der Waals surface area (Å²) in [5.74, 6) is 0.0605. The summed E-state index contributed by atoms with van der Waals surface area (Å²) in [5, 5.41) is 7.99. The summed E-state index contributed by atoms with van der Waals surface area (Å²) in [6, 6.07) is 9.95. The molecule has 0 atom stereocenters. The van der Waals surface area contributed by atoms with E-state index in [1.807, 2.05) is 49.6 Å². The number of carbonyl (C=O) groups is 2. The van der Waals surface area contributed by atoms with E-state index in [9.17, 15) is 9.59 Å². The van der Waals surface area contributed by atoms with E-state index in [0.717, 1.165) is 42.3 Å². The van der Waals surface area contributed by atoms with Crippen LogP contribution in [0.1, 0.15) is 16.0 Å². The molecular weight excluding hydrogens is 372 g/mol. The van der Waals surface area contributed by atoms with E-state index >= 15 is 0 Å². The standard InChI is InChI=1S/C21H28N4O2S/c1-16-5-3-7-19(17(16)2)23-21(27)15-25-10-8-24(9-11-25)14-20(26)22-13-18-6-4-12-28-18/h3-7,12H,8-11,13-15H2,1-2H3,(H,22,26)(H,23,27). The van der Waals surface area contributed by atoms with Gasteiger partial charge in [0.2, 0.25) is 11.8 Å². The predicted octanol–water partition coefficient (Wildman–Crippen LogP) is 2.24. The van der Waals surface area contributed by atoms with Crippen LogP contribution in [0.2, 0.25) is 0 Å². The molecule has 0 spiro atoms. The topological polar surface area (TPSA) is 64.7 Å². The molecule has 7 heteroatoms. The number of anilines is 1. The molecule has 1 fully saturated rings. The highest BCUT2D eigenvalue weighted by Crippen LogP contribution is 2.18. The SMILES string of the molecule is Cc1cccc(NC(=O)CN2CCN(CC(=O)NCc3cccs3)CC2)c1C. The lowest BCUT2D eigenvalue weighted by Gasteiger charge is -2.33. The van der Waals surface area contributed by atoms with Gasteiger partial charge in [0.1, 0.15) is 0 Å². The summed E-state index contributed by atoms with van der Waals surface area (Å²) < 4.78 is 0. The Bertz CT molecular complexity index is 799. The van der Waals surface area contributed by atoms with Gasteiger partial charge in [-0.3, -0.25) is 19.4 Å². The zero-order chi connectivity index (χ0) is 19.9. The van der Waals surface area contributed by atoms with Crippen molar-refractivity contribution in [3.05, 3.63) is 51.7 Å². The van der Waals surface area contributed by atoms with Crippen molar-refractivity contribution in [2.75, 3.05) is 44.6 Å². The van der Waals surface area contributed by atoms with E-state index in [-0.39, 0.29) is 11.8 Å². The lowest BCUT2D eigenvalue weighted by atomic mass is 10.1. The molecule has 0 radical (unpaired) electrons. The maximum atomic E-state index is 12.4. The maximum absolute atomic E-state index is 12.4. The number of aryl methyl sites for hydroxylation is 1. The molecule has 2 amide bonds. The first-order chi connectivity index (χ1) is 13.5. The first-order valence-corrected chi connectivity index (χ1v) is 10.5. The highest BCUT2D eigenvalue weighted by molar-refractivity contribution is 7.09. The van der Waals surface area contributed by atoms with Gasteiger partial charge in [-0.05, 0) is 42.5 Å². The second kappa shape index (κ2) is 9.82. The third-order valence-electron chi connectivity index (χ3n) is 5.12. The molecule has 2 N–H and O–H groups in total. The maximum Gasteiger partial charge on any atom is 0.238 e. The van der Waals surface area contributed by atoms with Crippen LogP contribution in [0.3, 0.4) is 0 Å². The fraction of sp³-hybridized carbons (Fsp3) is 0.429. The van der Waals surface area contributed by atoms with E-state index in [1.54, 1.807) is 11.3 Å². The molecule has 1 aliphatic heterocycles. The van der Waals surface area contributed by atoms with Crippen molar-refractivity contribution < 1.29 is 9.59 Å². The van der Waals surface area contributed by atoms with Crippen LogP contribution in [0.5, 0.6) is 0 Å². The minimum atomic E-state index is 0.0100. The van der Waals surface area contributed by atoms with Gasteiger partial charge in [-0.1, -0.05) is 18.2 Å². The average molecular weight is 401 g/mol. The second-order valence-electron chi connectivity index (χ2n) is 7.20. The Balaban J connectivity index is 1.37. The summed E-state index contributed by atoms with van der Waals surface area (Å²) >= 11 is 1.65. The Morgan fingerprint density at radius 1 is 0.964 bits per heavy atom. The first-order valence-electron chi connectivity index (χ1n) is 9.61. The first kappa shape index (κ1) is 20.5. The Labute approximate surface area is 170 Å². The largest absolute Gasteiger partial charge is 0.350 e. The van der Waals surface area contributed by atoms with Crippen LogP contribution in [-0.2, 0) is 16.1 Å². The van der Waals surface area contributed by atoms with Crippen molar-refractivity contribution in [1.29, 1.82) is 0 Å². The molecular formula is C21H28N4O2S. The summed E-state index contributed by atoms with van der Waals surface area (Å²) in [7, 11) is 0.